The van der Waals surface area contributed by atoms with E-state index >= 15 is 0 Å². The van der Waals surface area contributed by atoms with E-state index in [0.29, 0.717) is 6.54 Å². The molecule has 1 saturated heterocycles. The summed E-state index contributed by atoms with van der Waals surface area (Å²) in [5.41, 5.74) is 8.56. The van der Waals surface area contributed by atoms with Crippen LogP contribution in [0.4, 0.5) is 5.69 Å². The van der Waals surface area contributed by atoms with Crippen molar-refractivity contribution in [2.75, 3.05) is 24.5 Å². The van der Waals surface area contributed by atoms with Crippen LogP contribution in [0.15, 0.2) is 24.3 Å². The Kier molecular flexibility index (Phi) is 3.20. The predicted molar refractivity (Wildman–Crippen MR) is 70.0 cm³/mol. The van der Waals surface area contributed by atoms with E-state index in [1.807, 2.05) is 0 Å². The predicted octanol–water partition coefficient (Wildman–Crippen LogP) is 2.52. The van der Waals surface area contributed by atoms with Crippen LogP contribution in [-0.4, -0.2) is 19.6 Å². The fourth-order valence-corrected chi connectivity index (χ4v) is 2.22. The van der Waals surface area contributed by atoms with Crippen LogP contribution in [0.1, 0.15) is 32.3 Å². The van der Waals surface area contributed by atoms with E-state index in [1.165, 1.54) is 37.2 Å². The smallest absolute Gasteiger partial charge is 0.0366 e. The molecule has 0 radical (unpaired) electrons. The quantitative estimate of drug-likeness (QED) is 0.844. The van der Waals surface area contributed by atoms with Crippen LogP contribution in [0, 0.1) is 0 Å². The molecular weight excluding hydrogens is 196 g/mol. The Morgan fingerprint density at radius 2 is 1.69 bits per heavy atom. The molecule has 2 heteroatoms. The number of hydrogen-bond acceptors (Lipinski definition) is 2. The summed E-state index contributed by atoms with van der Waals surface area (Å²) in [6.45, 7) is 7.49. The maximum Gasteiger partial charge on any atom is 0.0366 e. The van der Waals surface area contributed by atoms with Gasteiger partial charge >= 0.3 is 0 Å². The molecule has 1 aliphatic heterocycles. The Balaban J connectivity index is 2.15. The molecule has 0 saturated carbocycles. The van der Waals surface area contributed by atoms with Crippen molar-refractivity contribution >= 4 is 5.69 Å². The van der Waals surface area contributed by atoms with Gasteiger partial charge in [0.15, 0.2) is 0 Å². The van der Waals surface area contributed by atoms with E-state index in [1.54, 1.807) is 0 Å². The van der Waals surface area contributed by atoms with Crippen LogP contribution in [0.3, 0.4) is 0 Å². The van der Waals surface area contributed by atoms with Crippen molar-refractivity contribution in [3.8, 4) is 0 Å². The molecule has 0 aliphatic carbocycles. The van der Waals surface area contributed by atoms with Crippen molar-refractivity contribution < 1.29 is 0 Å². The van der Waals surface area contributed by atoms with Gasteiger partial charge in [-0.3, -0.25) is 0 Å². The monoisotopic (exact) mass is 218 g/mol. The average molecular weight is 218 g/mol. The summed E-state index contributed by atoms with van der Waals surface area (Å²) in [6, 6.07) is 8.91. The zero-order valence-electron chi connectivity index (χ0n) is 10.4. The van der Waals surface area contributed by atoms with Gasteiger partial charge in [0.2, 0.25) is 0 Å². The summed E-state index contributed by atoms with van der Waals surface area (Å²) < 4.78 is 0. The first-order valence-corrected chi connectivity index (χ1v) is 6.19. The van der Waals surface area contributed by atoms with Gasteiger partial charge in [0.1, 0.15) is 0 Å². The van der Waals surface area contributed by atoms with Crippen LogP contribution in [0.2, 0.25) is 0 Å². The topological polar surface area (TPSA) is 29.3 Å². The number of benzene rings is 1. The van der Waals surface area contributed by atoms with Crippen molar-refractivity contribution in [3.63, 3.8) is 0 Å². The summed E-state index contributed by atoms with van der Waals surface area (Å²) in [4.78, 5) is 2.46. The number of nitrogens with zero attached hydrogens (tertiary/aromatic N) is 1. The Morgan fingerprint density at radius 1 is 1.12 bits per heavy atom. The Labute approximate surface area is 98.4 Å². The van der Waals surface area contributed by atoms with Gasteiger partial charge in [-0.25, -0.2) is 0 Å². The highest BCUT2D eigenvalue weighted by Crippen LogP contribution is 2.26. The first-order valence-electron chi connectivity index (χ1n) is 6.19. The Morgan fingerprint density at radius 3 is 2.19 bits per heavy atom. The van der Waals surface area contributed by atoms with Crippen LogP contribution >= 0.6 is 0 Å². The SMILES string of the molecule is CC(C)(CN)c1ccc(N2CCCC2)cc1. The van der Waals surface area contributed by atoms with Crippen LogP contribution in [0.25, 0.3) is 0 Å². The lowest BCUT2D eigenvalue weighted by molar-refractivity contribution is 0.539. The lowest BCUT2D eigenvalue weighted by Crippen LogP contribution is -2.28. The second-order valence-electron chi connectivity index (χ2n) is 5.33. The molecule has 1 aliphatic rings. The van der Waals surface area contributed by atoms with Crippen molar-refractivity contribution in [1.82, 2.24) is 0 Å². The van der Waals surface area contributed by atoms with E-state index in [2.05, 4.69) is 43.0 Å². The molecule has 1 aromatic carbocycles. The van der Waals surface area contributed by atoms with Crippen molar-refractivity contribution in [2.45, 2.75) is 32.1 Å². The highest BCUT2D eigenvalue weighted by molar-refractivity contribution is 5.49. The molecule has 88 valence electrons. The van der Waals surface area contributed by atoms with E-state index in [9.17, 15) is 0 Å². The van der Waals surface area contributed by atoms with Crippen LogP contribution in [0.5, 0.6) is 0 Å². The first-order chi connectivity index (χ1) is 7.63. The standard InChI is InChI=1S/C14H22N2/c1-14(2,11-15)12-5-7-13(8-6-12)16-9-3-4-10-16/h5-8H,3-4,9-11,15H2,1-2H3. The molecule has 16 heavy (non-hydrogen) atoms. The van der Waals surface area contributed by atoms with Gasteiger partial charge in [-0.15, -0.1) is 0 Å². The largest absolute Gasteiger partial charge is 0.372 e. The molecule has 0 spiro atoms. The average Bonchev–Trinajstić information content (AvgIpc) is 2.83. The Bertz CT molecular complexity index is 334. The number of nitrogens with two attached hydrogens (primary N) is 1. The Hall–Kier alpha value is -1.02. The van der Waals surface area contributed by atoms with E-state index in [0.717, 1.165) is 0 Å². The third kappa shape index (κ3) is 2.22. The summed E-state index contributed by atoms with van der Waals surface area (Å²) in [6.07, 6.45) is 2.66. The minimum absolute atomic E-state index is 0.0868. The van der Waals surface area contributed by atoms with Crippen molar-refractivity contribution in [1.29, 1.82) is 0 Å². The summed E-state index contributed by atoms with van der Waals surface area (Å²) in [5.74, 6) is 0. The molecule has 0 amide bonds. The third-order valence-corrected chi connectivity index (χ3v) is 3.63. The highest BCUT2D eigenvalue weighted by atomic mass is 15.1. The maximum absolute atomic E-state index is 5.79. The normalized spacial score (nSPS) is 16.8. The molecule has 0 aromatic heterocycles. The fourth-order valence-electron chi connectivity index (χ4n) is 2.22. The van der Waals surface area contributed by atoms with Gasteiger partial charge in [0.05, 0.1) is 0 Å². The van der Waals surface area contributed by atoms with Crippen LogP contribution < -0.4 is 10.6 Å². The number of hydrogen-bond donors (Lipinski definition) is 1. The van der Waals surface area contributed by atoms with Gasteiger partial charge in [0.25, 0.3) is 0 Å². The van der Waals surface area contributed by atoms with Gasteiger partial charge < -0.3 is 10.6 Å². The minimum atomic E-state index is 0.0868. The third-order valence-electron chi connectivity index (χ3n) is 3.63. The molecule has 2 N–H and O–H groups in total. The number of anilines is 1. The molecule has 2 nitrogen and oxygen atoms in total. The minimum Gasteiger partial charge on any atom is -0.372 e. The number of rotatable bonds is 3. The second-order valence-corrected chi connectivity index (χ2v) is 5.33. The second kappa shape index (κ2) is 4.46. The summed E-state index contributed by atoms with van der Waals surface area (Å²) in [5, 5.41) is 0. The molecule has 1 aromatic rings. The summed E-state index contributed by atoms with van der Waals surface area (Å²) >= 11 is 0. The zero-order chi connectivity index (χ0) is 11.6. The van der Waals surface area contributed by atoms with E-state index in [-0.39, 0.29) is 5.41 Å². The lowest BCUT2D eigenvalue weighted by Gasteiger charge is -2.24. The molecule has 2 rings (SSSR count). The van der Waals surface area contributed by atoms with Crippen molar-refractivity contribution in [2.24, 2.45) is 5.73 Å². The highest BCUT2D eigenvalue weighted by Gasteiger charge is 2.19. The summed E-state index contributed by atoms with van der Waals surface area (Å²) in [7, 11) is 0. The fraction of sp³-hybridized carbons (Fsp3) is 0.571. The molecule has 0 unspecified atom stereocenters. The molecule has 1 fully saturated rings. The molecule has 1 heterocycles. The molecule has 0 atom stereocenters. The van der Waals surface area contributed by atoms with Gasteiger partial charge in [0, 0.05) is 30.7 Å². The first kappa shape index (κ1) is 11.5. The van der Waals surface area contributed by atoms with Gasteiger partial charge in [-0.2, -0.15) is 0 Å². The van der Waals surface area contributed by atoms with Crippen molar-refractivity contribution in [3.05, 3.63) is 29.8 Å². The van der Waals surface area contributed by atoms with E-state index < -0.39 is 0 Å². The van der Waals surface area contributed by atoms with E-state index in [4.69, 9.17) is 5.73 Å². The molecular formula is C14H22N2. The molecule has 0 bridgehead atoms. The van der Waals surface area contributed by atoms with Gasteiger partial charge in [-0.1, -0.05) is 26.0 Å². The maximum atomic E-state index is 5.79. The van der Waals surface area contributed by atoms with Gasteiger partial charge in [-0.05, 0) is 30.5 Å². The lowest BCUT2D eigenvalue weighted by atomic mass is 9.85. The zero-order valence-corrected chi connectivity index (χ0v) is 10.4. The van der Waals surface area contributed by atoms with Crippen LogP contribution in [-0.2, 0) is 5.41 Å².